The van der Waals surface area contributed by atoms with Crippen molar-refractivity contribution in [2.45, 2.75) is 20.4 Å². The first-order chi connectivity index (χ1) is 17.2. The van der Waals surface area contributed by atoms with Crippen molar-refractivity contribution in [2.24, 2.45) is 0 Å². The zero-order valence-corrected chi connectivity index (χ0v) is 20.2. The van der Waals surface area contributed by atoms with Gasteiger partial charge in [-0.2, -0.15) is 0 Å². The highest BCUT2D eigenvalue weighted by Gasteiger charge is 2.24. The first kappa shape index (κ1) is 24.4. The molecular formula is C26H24N4O6. The number of carbonyl (C=O) groups excluding carboxylic acids is 2. The lowest BCUT2D eigenvalue weighted by atomic mass is 10.1. The molecule has 0 fully saturated rings. The van der Waals surface area contributed by atoms with Crippen LogP contribution in [0.25, 0.3) is 16.7 Å². The summed E-state index contributed by atoms with van der Waals surface area (Å²) in [5.74, 6) is -0.891. The van der Waals surface area contributed by atoms with Gasteiger partial charge >= 0.3 is 11.7 Å². The van der Waals surface area contributed by atoms with Gasteiger partial charge in [0, 0.05) is 17.4 Å². The van der Waals surface area contributed by atoms with Gasteiger partial charge in [-0.25, -0.2) is 23.7 Å². The average Bonchev–Trinajstić information content (AvgIpc) is 2.87. The number of benzene rings is 2. The molecule has 0 aliphatic heterocycles. The van der Waals surface area contributed by atoms with Crippen molar-refractivity contribution in [2.75, 3.05) is 19.5 Å². The van der Waals surface area contributed by atoms with Gasteiger partial charge in [0.1, 0.15) is 12.3 Å². The van der Waals surface area contributed by atoms with Crippen LogP contribution in [-0.2, 0) is 16.1 Å². The molecule has 0 unspecified atom stereocenters. The molecule has 36 heavy (non-hydrogen) atoms. The van der Waals surface area contributed by atoms with Crippen molar-refractivity contribution in [1.82, 2.24) is 14.1 Å². The number of hydrogen-bond acceptors (Lipinski definition) is 7. The van der Waals surface area contributed by atoms with Gasteiger partial charge in [-0.05, 0) is 43.7 Å². The van der Waals surface area contributed by atoms with Crippen LogP contribution in [0.15, 0.2) is 64.2 Å². The summed E-state index contributed by atoms with van der Waals surface area (Å²) in [4.78, 5) is 57.1. The van der Waals surface area contributed by atoms with E-state index < -0.39 is 29.7 Å². The number of esters is 1. The highest BCUT2D eigenvalue weighted by Crippen LogP contribution is 2.21. The Kier molecular flexibility index (Phi) is 6.69. The molecule has 0 radical (unpaired) electrons. The molecule has 0 atom stereocenters. The topological polar surface area (TPSA) is 122 Å². The molecule has 0 saturated carbocycles. The molecule has 4 rings (SSSR count). The Bertz CT molecular complexity index is 1620. The van der Waals surface area contributed by atoms with Crippen LogP contribution in [0.4, 0.5) is 5.69 Å². The molecule has 10 heteroatoms. The van der Waals surface area contributed by atoms with Crippen molar-refractivity contribution >= 4 is 28.6 Å². The summed E-state index contributed by atoms with van der Waals surface area (Å²) < 4.78 is 12.1. The molecule has 0 spiro atoms. The molecule has 4 aromatic rings. The van der Waals surface area contributed by atoms with Gasteiger partial charge in [0.25, 0.3) is 5.56 Å². The van der Waals surface area contributed by atoms with Gasteiger partial charge in [0.15, 0.2) is 5.65 Å². The summed E-state index contributed by atoms with van der Waals surface area (Å²) in [5, 5.41) is 2.58. The monoisotopic (exact) mass is 488 g/mol. The molecule has 0 saturated heterocycles. The fourth-order valence-corrected chi connectivity index (χ4v) is 3.90. The second-order valence-corrected chi connectivity index (χ2v) is 8.08. The molecule has 0 aliphatic carbocycles. The summed E-state index contributed by atoms with van der Waals surface area (Å²) in [6.45, 7) is 2.87. The third-order valence-corrected chi connectivity index (χ3v) is 5.66. The second kappa shape index (κ2) is 9.87. The van der Waals surface area contributed by atoms with Gasteiger partial charge in [0.05, 0.1) is 30.9 Å². The van der Waals surface area contributed by atoms with E-state index in [0.717, 1.165) is 10.1 Å². The number of pyridine rings is 1. The zero-order valence-electron chi connectivity index (χ0n) is 20.2. The summed E-state index contributed by atoms with van der Waals surface area (Å²) >= 11 is 0. The molecule has 2 aromatic carbocycles. The predicted octanol–water partition coefficient (Wildman–Crippen LogP) is 2.60. The maximum atomic E-state index is 13.7. The van der Waals surface area contributed by atoms with Crippen molar-refractivity contribution in [1.29, 1.82) is 0 Å². The number of hydrogen-bond donors (Lipinski definition) is 1. The van der Waals surface area contributed by atoms with E-state index in [4.69, 9.17) is 9.47 Å². The number of carbonyl (C=O) groups is 2. The molecule has 0 aliphatic rings. The van der Waals surface area contributed by atoms with Gasteiger partial charge in [0.2, 0.25) is 5.91 Å². The summed E-state index contributed by atoms with van der Waals surface area (Å²) in [6, 6.07) is 15.1. The van der Waals surface area contributed by atoms with Gasteiger partial charge in [-0.3, -0.25) is 9.59 Å². The maximum Gasteiger partial charge on any atom is 0.338 e. The van der Waals surface area contributed by atoms with Gasteiger partial charge in [-0.1, -0.05) is 24.3 Å². The highest BCUT2D eigenvalue weighted by molar-refractivity contribution is 6.02. The third kappa shape index (κ3) is 4.48. The molecule has 1 amide bonds. The van der Waals surface area contributed by atoms with E-state index in [1.807, 2.05) is 19.1 Å². The number of amides is 1. The summed E-state index contributed by atoms with van der Waals surface area (Å²) in [5.41, 5.74) is 0.385. The minimum Gasteiger partial charge on any atom is -0.497 e. The average molecular weight is 489 g/mol. The first-order valence-corrected chi connectivity index (χ1v) is 11.0. The number of nitrogens with one attached hydrogen (secondary N) is 1. The Morgan fingerprint density at radius 3 is 2.44 bits per heavy atom. The number of aryl methyl sites for hydroxylation is 2. The first-order valence-electron chi connectivity index (χ1n) is 11.0. The lowest BCUT2D eigenvalue weighted by Gasteiger charge is -2.16. The van der Waals surface area contributed by atoms with Gasteiger partial charge in [-0.15, -0.1) is 0 Å². The van der Waals surface area contributed by atoms with E-state index in [1.165, 1.54) is 24.9 Å². The number of anilines is 1. The number of fused-ring (bicyclic) bond motifs is 1. The molecule has 10 nitrogen and oxygen atoms in total. The van der Waals surface area contributed by atoms with Crippen molar-refractivity contribution in [3.8, 4) is 11.4 Å². The van der Waals surface area contributed by atoms with Crippen LogP contribution in [0.1, 0.15) is 21.6 Å². The van der Waals surface area contributed by atoms with Crippen molar-refractivity contribution in [3.63, 3.8) is 0 Å². The van der Waals surface area contributed by atoms with Crippen LogP contribution < -0.4 is 21.3 Å². The van der Waals surface area contributed by atoms with E-state index in [1.54, 1.807) is 43.3 Å². The fourth-order valence-electron chi connectivity index (χ4n) is 3.90. The van der Waals surface area contributed by atoms with E-state index in [0.29, 0.717) is 22.8 Å². The quantitative estimate of drug-likeness (QED) is 0.414. The molecule has 184 valence electrons. The predicted molar refractivity (Wildman–Crippen MR) is 134 cm³/mol. The number of rotatable bonds is 6. The largest absolute Gasteiger partial charge is 0.497 e. The van der Waals surface area contributed by atoms with Gasteiger partial charge < -0.3 is 14.8 Å². The SMILES string of the molecule is COC(=O)c1cc(C)nc2c1c(=O)n(CC(=O)Nc1ccccc1C)c(=O)n2-c1cccc(OC)c1. The Morgan fingerprint density at radius 1 is 1.00 bits per heavy atom. The number of methoxy groups -OCH3 is 2. The summed E-state index contributed by atoms with van der Waals surface area (Å²) in [7, 11) is 2.67. The molecular weight excluding hydrogens is 464 g/mol. The number of ether oxygens (including phenoxy) is 2. The Labute approximate surface area is 205 Å². The number of aromatic nitrogens is 3. The third-order valence-electron chi connectivity index (χ3n) is 5.66. The zero-order chi connectivity index (χ0) is 26.0. The Hall–Kier alpha value is -4.73. The van der Waals surface area contributed by atoms with E-state index >= 15 is 0 Å². The maximum absolute atomic E-state index is 13.7. The minimum atomic E-state index is -0.832. The van der Waals surface area contributed by atoms with Crippen LogP contribution in [0.2, 0.25) is 0 Å². The van der Waals surface area contributed by atoms with Crippen LogP contribution >= 0.6 is 0 Å². The number of nitrogens with zero attached hydrogens (tertiary/aromatic N) is 3. The smallest absolute Gasteiger partial charge is 0.338 e. The normalized spacial score (nSPS) is 10.8. The van der Waals surface area contributed by atoms with E-state index in [9.17, 15) is 19.2 Å². The van der Waals surface area contributed by atoms with E-state index in [-0.39, 0.29) is 16.6 Å². The minimum absolute atomic E-state index is 0.0331. The van der Waals surface area contributed by atoms with Crippen molar-refractivity contribution in [3.05, 3.63) is 92.3 Å². The molecule has 2 aromatic heterocycles. The van der Waals surface area contributed by atoms with E-state index in [2.05, 4.69) is 10.3 Å². The van der Waals surface area contributed by atoms with Crippen molar-refractivity contribution < 1.29 is 19.1 Å². The second-order valence-electron chi connectivity index (χ2n) is 8.08. The van der Waals surface area contributed by atoms with Crippen LogP contribution in [0, 0.1) is 13.8 Å². The van der Waals surface area contributed by atoms with Crippen LogP contribution in [0.3, 0.4) is 0 Å². The molecule has 1 N–H and O–H groups in total. The van der Waals surface area contributed by atoms with Crippen LogP contribution in [-0.4, -0.2) is 40.2 Å². The Balaban J connectivity index is 1.99. The summed E-state index contributed by atoms with van der Waals surface area (Å²) in [6.07, 6.45) is 0. The lowest BCUT2D eigenvalue weighted by Crippen LogP contribution is -2.43. The molecule has 0 bridgehead atoms. The lowest BCUT2D eigenvalue weighted by molar-refractivity contribution is -0.116. The fraction of sp³-hybridized carbons (Fsp3) is 0.192. The molecule has 2 heterocycles. The van der Waals surface area contributed by atoms with Crippen LogP contribution in [0.5, 0.6) is 5.75 Å². The number of para-hydroxylation sites is 1. The highest BCUT2D eigenvalue weighted by atomic mass is 16.5. The standard InChI is InChI=1S/C26H24N4O6/c1-15-8-5-6-11-20(15)28-21(31)14-29-24(32)22-19(25(33)36-4)12-16(2)27-23(22)30(26(29)34)17-9-7-10-18(13-17)35-3/h5-13H,14H2,1-4H3,(H,28,31). The Morgan fingerprint density at radius 2 is 1.75 bits per heavy atom.